The third-order valence-corrected chi connectivity index (χ3v) is 5.18. The summed E-state index contributed by atoms with van der Waals surface area (Å²) in [6.45, 7) is 2.45. The number of amides is 1. The lowest BCUT2D eigenvalue weighted by atomic mass is 9.96. The Labute approximate surface area is 154 Å². The highest BCUT2D eigenvalue weighted by atomic mass is 19.1. The highest BCUT2D eigenvalue weighted by Gasteiger charge is 2.24. The number of hydrogen-bond donors (Lipinski definition) is 1. The van der Waals surface area contributed by atoms with Gasteiger partial charge in [-0.15, -0.1) is 0 Å². The summed E-state index contributed by atoms with van der Waals surface area (Å²) in [5.41, 5.74) is 1.12. The molecule has 1 saturated heterocycles. The summed E-state index contributed by atoms with van der Waals surface area (Å²) >= 11 is 0. The normalized spacial score (nSPS) is 19.2. The summed E-state index contributed by atoms with van der Waals surface area (Å²) in [7, 11) is 0. The summed E-state index contributed by atoms with van der Waals surface area (Å²) in [5, 5.41) is 12.6. The number of rotatable bonds is 4. The van der Waals surface area contributed by atoms with Crippen molar-refractivity contribution in [3.63, 3.8) is 0 Å². The molecule has 5 nitrogen and oxygen atoms in total. The molecule has 0 spiro atoms. The second-order valence-corrected chi connectivity index (χ2v) is 6.93. The summed E-state index contributed by atoms with van der Waals surface area (Å²) in [6, 6.07) is 8.80. The molecule has 0 atom stereocenters. The molecule has 3 rings (SSSR count). The third-order valence-electron chi connectivity index (χ3n) is 5.18. The van der Waals surface area contributed by atoms with E-state index in [-0.39, 0.29) is 17.3 Å². The Morgan fingerprint density at radius 2 is 1.77 bits per heavy atom. The van der Waals surface area contributed by atoms with Gasteiger partial charge < -0.3 is 15.1 Å². The van der Waals surface area contributed by atoms with Crippen LogP contribution in [0.5, 0.6) is 0 Å². The number of anilines is 1. The lowest BCUT2D eigenvalue weighted by Gasteiger charge is -2.36. The number of nitriles is 1. The van der Waals surface area contributed by atoms with Gasteiger partial charge in [0.1, 0.15) is 17.5 Å². The highest BCUT2D eigenvalue weighted by molar-refractivity contribution is 5.97. The van der Waals surface area contributed by atoms with Gasteiger partial charge in [-0.05, 0) is 37.1 Å². The summed E-state index contributed by atoms with van der Waals surface area (Å²) in [6.07, 6.45) is 7.47. The van der Waals surface area contributed by atoms with E-state index in [1.807, 2.05) is 6.07 Å². The minimum Gasteiger partial charge on any atom is -0.387 e. The summed E-state index contributed by atoms with van der Waals surface area (Å²) in [5.74, 6) is -0.466. The maximum atomic E-state index is 13.0. The quantitative estimate of drug-likeness (QED) is 0.666. The fourth-order valence-corrected chi connectivity index (χ4v) is 3.60. The van der Waals surface area contributed by atoms with E-state index in [1.54, 1.807) is 23.2 Å². The predicted octanol–water partition coefficient (Wildman–Crippen LogP) is 2.80. The molecular formula is C20H25FN4O. The van der Waals surface area contributed by atoms with Crippen LogP contribution in [0.3, 0.4) is 0 Å². The van der Waals surface area contributed by atoms with Crippen LogP contribution in [-0.4, -0.2) is 43.0 Å². The zero-order chi connectivity index (χ0) is 18.4. The first-order valence-electron chi connectivity index (χ1n) is 9.33. The van der Waals surface area contributed by atoms with Gasteiger partial charge in [-0.25, -0.2) is 4.39 Å². The van der Waals surface area contributed by atoms with E-state index in [1.165, 1.54) is 31.4 Å². The van der Waals surface area contributed by atoms with Gasteiger partial charge in [0.05, 0.1) is 0 Å². The standard InChI is InChI=1S/C20H25FN4O/c21-17-6-8-19(9-7-17)24-10-12-25(13-11-24)20(26)16(14-22)15-23-18-4-2-1-3-5-18/h6-9,15,18,23H,1-5,10-13H2/b16-15-. The van der Waals surface area contributed by atoms with Crippen molar-refractivity contribution in [3.05, 3.63) is 41.9 Å². The molecule has 1 aliphatic carbocycles. The number of benzene rings is 1. The van der Waals surface area contributed by atoms with Crippen LogP contribution in [0.2, 0.25) is 0 Å². The van der Waals surface area contributed by atoms with E-state index in [9.17, 15) is 14.4 Å². The van der Waals surface area contributed by atoms with Crippen LogP contribution in [-0.2, 0) is 4.79 Å². The van der Waals surface area contributed by atoms with Crippen LogP contribution in [0.25, 0.3) is 0 Å². The van der Waals surface area contributed by atoms with Gasteiger partial charge >= 0.3 is 0 Å². The number of nitrogens with zero attached hydrogens (tertiary/aromatic N) is 3. The van der Waals surface area contributed by atoms with Crippen LogP contribution >= 0.6 is 0 Å². The minimum atomic E-state index is -0.253. The average Bonchev–Trinajstić information content (AvgIpc) is 2.70. The monoisotopic (exact) mass is 356 g/mol. The molecule has 138 valence electrons. The van der Waals surface area contributed by atoms with Gasteiger partial charge in [0.15, 0.2) is 0 Å². The van der Waals surface area contributed by atoms with Crippen molar-refractivity contribution in [1.82, 2.24) is 10.2 Å². The average molecular weight is 356 g/mol. The van der Waals surface area contributed by atoms with Gasteiger partial charge in [0, 0.05) is 44.1 Å². The second-order valence-electron chi connectivity index (χ2n) is 6.93. The smallest absolute Gasteiger partial charge is 0.266 e. The number of hydrogen-bond acceptors (Lipinski definition) is 4. The first-order chi connectivity index (χ1) is 12.7. The molecule has 2 fully saturated rings. The molecular weight excluding hydrogens is 331 g/mol. The second kappa shape index (κ2) is 8.70. The van der Waals surface area contributed by atoms with Crippen molar-refractivity contribution in [2.75, 3.05) is 31.1 Å². The fraction of sp³-hybridized carbons (Fsp3) is 0.500. The molecule has 1 aliphatic heterocycles. The lowest BCUT2D eigenvalue weighted by Crippen LogP contribution is -2.49. The SMILES string of the molecule is N#C/C(=C/NC1CCCCC1)C(=O)N1CCN(c2ccc(F)cc2)CC1. The first kappa shape index (κ1) is 18.2. The van der Waals surface area contributed by atoms with E-state index >= 15 is 0 Å². The summed E-state index contributed by atoms with van der Waals surface area (Å²) < 4.78 is 13.0. The molecule has 0 radical (unpaired) electrons. The Balaban J connectivity index is 1.54. The number of halogens is 1. The first-order valence-corrected chi connectivity index (χ1v) is 9.33. The summed E-state index contributed by atoms with van der Waals surface area (Å²) in [4.78, 5) is 16.5. The van der Waals surface area contributed by atoms with Crippen molar-refractivity contribution in [3.8, 4) is 6.07 Å². The highest BCUT2D eigenvalue weighted by Crippen LogP contribution is 2.19. The van der Waals surface area contributed by atoms with Crippen LogP contribution in [0, 0.1) is 17.1 Å². The number of nitrogens with one attached hydrogen (secondary N) is 1. The molecule has 6 heteroatoms. The molecule has 2 aliphatic rings. The van der Waals surface area contributed by atoms with Crippen LogP contribution in [0.1, 0.15) is 32.1 Å². The topological polar surface area (TPSA) is 59.4 Å². The van der Waals surface area contributed by atoms with Crippen molar-refractivity contribution in [2.45, 2.75) is 38.1 Å². The minimum absolute atomic E-state index is 0.172. The Bertz CT molecular complexity index is 681. The Morgan fingerprint density at radius 3 is 2.38 bits per heavy atom. The maximum absolute atomic E-state index is 13.0. The Morgan fingerprint density at radius 1 is 1.12 bits per heavy atom. The molecule has 1 saturated carbocycles. The molecule has 0 unspecified atom stereocenters. The van der Waals surface area contributed by atoms with E-state index in [0.29, 0.717) is 32.2 Å². The number of carbonyl (C=O) groups is 1. The van der Waals surface area contributed by atoms with Crippen LogP contribution in [0.4, 0.5) is 10.1 Å². The van der Waals surface area contributed by atoms with Crippen molar-refractivity contribution in [1.29, 1.82) is 5.26 Å². The van der Waals surface area contributed by atoms with Crippen LogP contribution in [0.15, 0.2) is 36.0 Å². The van der Waals surface area contributed by atoms with E-state index in [4.69, 9.17) is 0 Å². The molecule has 1 amide bonds. The van der Waals surface area contributed by atoms with Crippen molar-refractivity contribution in [2.24, 2.45) is 0 Å². The van der Waals surface area contributed by atoms with Gasteiger partial charge in [0.25, 0.3) is 5.91 Å². The van der Waals surface area contributed by atoms with Crippen molar-refractivity contribution < 1.29 is 9.18 Å². The zero-order valence-electron chi connectivity index (χ0n) is 15.0. The molecule has 0 bridgehead atoms. The molecule has 1 aromatic carbocycles. The molecule has 1 aromatic rings. The van der Waals surface area contributed by atoms with E-state index in [2.05, 4.69) is 10.2 Å². The fourth-order valence-electron chi connectivity index (χ4n) is 3.60. The Hall–Kier alpha value is -2.55. The third kappa shape index (κ3) is 4.54. The van der Waals surface area contributed by atoms with E-state index in [0.717, 1.165) is 18.5 Å². The maximum Gasteiger partial charge on any atom is 0.266 e. The molecule has 0 aromatic heterocycles. The van der Waals surface area contributed by atoms with Gasteiger partial charge in [0.2, 0.25) is 0 Å². The van der Waals surface area contributed by atoms with Gasteiger partial charge in [-0.2, -0.15) is 5.26 Å². The molecule has 26 heavy (non-hydrogen) atoms. The van der Waals surface area contributed by atoms with Crippen LogP contribution < -0.4 is 10.2 Å². The molecule has 1 heterocycles. The largest absolute Gasteiger partial charge is 0.387 e. The molecule has 1 N–H and O–H groups in total. The lowest BCUT2D eigenvalue weighted by molar-refractivity contribution is -0.127. The Kier molecular flexibility index (Phi) is 6.11. The zero-order valence-corrected chi connectivity index (χ0v) is 15.0. The number of piperazine rings is 1. The predicted molar refractivity (Wildman–Crippen MR) is 98.9 cm³/mol. The van der Waals surface area contributed by atoms with Gasteiger partial charge in [-0.3, -0.25) is 4.79 Å². The van der Waals surface area contributed by atoms with Gasteiger partial charge in [-0.1, -0.05) is 19.3 Å². The van der Waals surface area contributed by atoms with E-state index < -0.39 is 0 Å². The number of carbonyl (C=O) groups excluding carboxylic acids is 1. The van der Waals surface area contributed by atoms with Crippen molar-refractivity contribution >= 4 is 11.6 Å².